The Morgan fingerprint density at radius 2 is 1.17 bits per heavy atom. The van der Waals surface area contributed by atoms with Gasteiger partial charge in [-0.05, 0) is 5.57 Å². The van der Waals surface area contributed by atoms with Crippen LogP contribution in [0.2, 0.25) is 0 Å². The van der Waals surface area contributed by atoms with E-state index in [2.05, 4.69) is 0 Å². The van der Waals surface area contributed by atoms with Gasteiger partial charge in [-0.25, -0.2) is 0 Å². The van der Waals surface area contributed by atoms with Crippen molar-refractivity contribution in [1.82, 2.24) is 0 Å². The average Bonchev–Trinajstić information content (AvgIpc) is 2.61. The van der Waals surface area contributed by atoms with E-state index < -0.39 is 0 Å². The third-order valence-electron chi connectivity index (χ3n) is 3.04. The molecule has 2 aliphatic carbocycles. The number of allylic oxidation sites excluding steroid dienone is 8. The van der Waals surface area contributed by atoms with E-state index in [-0.39, 0.29) is 17.1 Å². The lowest BCUT2D eigenvalue weighted by Gasteiger charge is -1.98. The fraction of sp³-hybridized carbons (Fsp3) is 0. The molecule has 0 N–H and O–H groups in total. The Labute approximate surface area is 105 Å². The molecule has 0 heterocycles. The van der Waals surface area contributed by atoms with Gasteiger partial charge in [0.25, 0.3) is 0 Å². The number of rotatable bonds is 0. The molecule has 0 saturated carbocycles. The van der Waals surface area contributed by atoms with Crippen molar-refractivity contribution in [3.8, 4) is 0 Å². The summed E-state index contributed by atoms with van der Waals surface area (Å²) >= 11 is 0. The topological polar surface area (TPSA) is 34.1 Å². The van der Waals surface area contributed by atoms with E-state index in [1.54, 1.807) is 36.4 Å². The van der Waals surface area contributed by atoms with Crippen LogP contribution in [0.25, 0.3) is 0 Å². The van der Waals surface area contributed by atoms with Gasteiger partial charge < -0.3 is 0 Å². The number of fused-ring (bicyclic) bond motifs is 1. The summed E-state index contributed by atoms with van der Waals surface area (Å²) in [5.74, 6) is -0.358. The molecular formula is C16H10O2. The van der Waals surface area contributed by atoms with Crippen LogP contribution in [0.5, 0.6) is 0 Å². The van der Waals surface area contributed by atoms with Crippen LogP contribution in [0, 0.1) is 0 Å². The first kappa shape index (κ1) is 10.7. The molecule has 3 rings (SSSR count). The molecule has 0 bridgehead atoms. The number of benzene rings is 1. The second-order valence-corrected chi connectivity index (χ2v) is 4.14. The Kier molecular flexibility index (Phi) is 2.41. The summed E-state index contributed by atoms with van der Waals surface area (Å²) in [7, 11) is 0. The van der Waals surface area contributed by atoms with Crippen molar-refractivity contribution in [2.45, 2.75) is 0 Å². The SMILES string of the molecule is O=C1C(=C2C=CC=CC=C2)C(=O)c2ccccc21. The van der Waals surface area contributed by atoms with Crippen LogP contribution < -0.4 is 0 Å². The van der Waals surface area contributed by atoms with Crippen LogP contribution in [-0.2, 0) is 0 Å². The number of Topliss-reactive ketones (excluding diaryl/α,β-unsaturated/α-hetero) is 2. The van der Waals surface area contributed by atoms with E-state index in [1.807, 2.05) is 24.3 Å². The van der Waals surface area contributed by atoms with Crippen LogP contribution in [0.3, 0.4) is 0 Å². The molecule has 0 aromatic heterocycles. The van der Waals surface area contributed by atoms with Crippen molar-refractivity contribution in [3.63, 3.8) is 0 Å². The Bertz CT molecular complexity index is 615. The Hall–Kier alpha value is -2.48. The minimum atomic E-state index is -0.179. The number of carbonyl (C=O) groups is 2. The predicted octanol–water partition coefficient (Wildman–Crippen LogP) is 3.04. The molecule has 0 atom stereocenters. The molecule has 0 fully saturated rings. The summed E-state index contributed by atoms with van der Waals surface area (Å²) in [6, 6.07) is 6.95. The highest BCUT2D eigenvalue weighted by Gasteiger charge is 2.34. The predicted molar refractivity (Wildman–Crippen MR) is 69.5 cm³/mol. The Morgan fingerprint density at radius 3 is 1.67 bits per heavy atom. The van der Waals surface area contributed by atoms with E-state index in [9.17, 15) is 9.59 Å². The highest BCUT2D eigenvalue weighted by molar-refractivity contribution is 6.40. The number of hydrogen-bond donors (Lipinski definition) is 0. The van der Waals surface area contributed by atoms with Crippen molar-refractivity contribution in [2.24, 2.45) is 0 Å². The fourth-order valence-electron chi connectivity index (χ4n) is 2.18. The monoisotopic (exact) mass is 234 g/mol. The molecule has 0 amide bonds. The lowest BCUT2D eigenvalue weighted by molar-refractivity contribution is 0.0988. The van der Waals surface area contributed by atoms with Gasteiger partial charge in [0, 0.05) is 11.1 Å². The number of ketones is 2. The highest BCUT2D eigenvalue weighted by atomic mass is 16.2. The fourth-order valence-corrected chi connectivity index (χ4v) is 2.18. The molecule has 0 unspecified atom stereocenters. The Morgan fingerprint density at radius 1 is 0.667 bits per heavy atom. The number of carbonyl (C=O) groups excluding carboxylic acids is 2. The summed E-state index contributed by atoms with van der Waals surface area (Å²) in [5, 5.41) is 0. The van der Waals surface area contributed by atoms with Crippen LogP contribution in [0.4, 0.5) is 0 Å². The van der Waals surface area contributed by atoms with Crippen molar-refractivity contribution in [1.29, 1.82) is 0 Å². The molecule has 1 aromatic rings. The third-order valence-corrected chi connectivity index (χ3v) is 3.04. The summed E-state index contributed by atoms with van der Waals surface area (Å²) in [5.41, 5.74) is 1.95. The zero-order valence-electron chi connectivity index (χ0n) is 9.59. The van der Waals surface area contributed by atoms with Gasteiger partial charge in [-0.3, -0.25) is 9.59 Å². The zero-order valence-corrected chi connectivity index (χ0v) is 9.59. The van der Waals surface area contributed by atoms with Crippen LogP contribution in [0.1, 0.15) is 20.7 Å². The molecule has 1 aromatic carbocycles. The second-order valence-electron chi connectivity index (χ2n) is 4.14. The van der Waals surface area contributed by atoms with E-state index in [0.29, 0.717) is 16.7 Å². The maximum atomic E-state index is 12.3. The number of hydrogen-bond acceptors (Lipinski definition) is 2. The van der Waals surface area contributed by atoms with Crippen LogP contribution in [0.15, 0.2) is 71.9 Å². The molecule has 0 aliphatic heterocycles. The highest BCUT2D eigenvalue weighted by Crippen LogP contribution is 2.29. The van der Waals surface area contributed by atoms with E-state index in [4.69, 9.17) is 0 Å². The molecule has 86 valence electrons. The summed E-state index contributed by atoms with van der Waals surface area (Å²) in [6.45, 7) is 0. The van der Waals surface area contributed by atoms with Crippen LogP contribution >= 0.6 is 0 Å². The lowest BCUT2D eigenvalue weighted by atomic mass is 10.0. The maximum absolute atomic E-state index is 12.3. The third kappa shape index (κ3) is 1.51. The molecule has 0 spiro atoms. The Balaban J connectivity index is 2.21. The van der Waals surface area contributed by atoms with Crippen molar-refractivity contribution in [3.05, 3.63) is 83.0 Å². The van der Waals surface area contributed by atoms with Gasteiger partial charge in [-0.15, -0.1) is 0 Å². The minimum Gasteiger partial charge on any atom is -0.288 e. The first-order valence-electron chi connectivity index (χ1n) is 5.73. The minimum absolute atomic E-state index is 0.179. The van der Waals surface area contributed by atoms with Gasteiger partial charge >= 0.3 is 0 Å². The van der Waals surface area contributed by atoms with Crippen LogP contribution in [-0.4, -0.2) is 11.6 Å². The standard InChI is InChI=1S/C16H10O2/c17-15-12-9-5-6-10-13(12)16(18)14(15)11-7-3-1-2-4-8-11/h1-10H. The first-order valence-corrected chi connectivity index (χ1v) is 5.73. The van der Waals surface area contributed by atoms with Gasteiger partial charge in [0.15, 0.2) is 11.6 Å². The van der Waals surface area contributed by atoms with E-state index >= 15 is 0 Å². The van der Waals surface area contributed by atoms with Gasteiger partial charge in [0.05, 0.1) is 5.57 Å². The van der Waals surface area contributed by atoms with Gasteiger partial charge in [-0.1, -0.05) is 60.7 Å². The van der Waals surface area contributed by atoms with Crippen molar-refractivity contribution >= 4 is 11.6 Å². The quantitative estimate of drug-likeness (QED) is 0.510. The van der Waals surface area contributed by atoms with Crippen molar-refractivity contribution in [2.75, 3.05) is 0 Å². The van der Waals surface area contributed by atoms with Crippen molar-refractivity contribution < 1.29 is 9.59 Å². The average molecular weight is 234 g/mol. The molecular weight excluding hydrogens is 224 g/mol. The summed E-state index contributed by atoms with van der Waals surface area (Å²) < 4.78 is 0. The van der Waals surface area contributed by atoms with Gasteiger partial charge in [-0.2, -0.15) is 0 Å². The summed E-state index contributed by atoms with van der Waals surface area (Å²) in [4.78, 5) is 24.5. The second kappa shape index (κ2) is 4.08. The summed E-state index contributed by atoms with van der Waals surface area (Å²) in [6.07, 6.45) is 11.0. The molecule has 0 radical (unpaired) electrons. The molecule has 2 aliphatic rings. The molecule has 0 saturated heterocycles. The van der Waals surface area contributed by atoms with Gasteiger partial charge in [0.1, 0.15) is 0 Å². The maximum Gasteiger partial charge on any atom is 0.198 e. The normalized spacial score (nSPS) is 17.3. The largest absolute Gasteiger partial charge is 0.288 e. The zero-order chi connectivity index (χ0) is 12.5. The van der Waals surface area contributed by atoms with E-state index in [1.165, 1.54) is 0 Å². The van der Waals surface area contributed by atoms with E-state index in [0.717, 1.165) is 0 Å². The lowest BCUT2D eigenvalue weighted by Crippen LogP contribution is -2.03. The smallest absolute Gasteiger partial charge is 0.198 e. The first-order chi connectivity index (χ1) is 8.79. The molecule has 18 heavy (non-hydrogen) atoms. The molecule has 2 heteroatoms. The van der Waals surface area contributed by atoms with Gasteiger partial charge in [0.2, 0.25) is 0 Å². The molecule has 2 nitrogen and oxygen atoms in total.